The van der Waals surface area contributed by atoms with Crippen molar-refractivity contribution in [2.75, 3.05) is 6.61 Å². The van der Waals surface area contributed by atoms with Gasteiger partial charge in [-0.25, -0.2) is 0 Å². The Balaban J connectivity index is 1.56. The SMILES string of the molecule is CCCCC(=O)OCC(=O)[C@@]1(O)CCC2C3CCC4=CC(=O)C=C[C@]4(C)C3C(O)C[C@@]21C. The lowest BCUT2D eigenvalue weighted by Crippen LogP contribution is -2.61. The Morgan fingerprint density at radius 2 is 2.00 bits per heavy atom. The topological polar surface area (TPSA) is 101 Å². The van der Waals surface area contributed by atoms with Gasteiger partial charge in [0.25, 0.3) is 0 Å². The molecule has 176 valence electrons. The van der Waals surface area contributed by atoms with E-state index in [9.17, 15) is 24.6 Å². The fourth-order valence-corrected chi connectivity index (χ4v) is 7.45. The molecule has 6 heteroatoms. The van der Waals surface area contributed by atoms with Gasteiger partial charge in [-0.05, 0) is 62.5 Å². The van der Waals surface area contributed by atoms with Gasteiger partial charge < -0.3 is 14.9 Å². The summed E-state index contributed by atoms with van der Waals surface area (Å²) in [5.41, 5.74) is -1.68. The van der Waals surface area contributed by atoms with Crippen molar-refractivity contribution in [3.63, 3.8) is 0 Å². The fourth-order valence-electron chi connectivity index (χ4n) is 7.45. The van der Waals surface area contributed by atoms with Gasteiger partial charge in [0.2, 0.25) is 5.78 Å². The van der Waals surface area contributed by atoms with Gasteiger partial charge >= 0.3 is 5.97 Å². The van der Waals surface area contributed by atoms with Crippen molar-refractivity contribution in [1.82, 2.24) is 0 Å². The van der Waals surface area contributed by atoms with Gasteiger partial charge in [0, 0.05) is 23.2 Å². The van der Waals surface area contributed by atoms with Gasteiger partial charge in [0.05, 0.1) is 6.10 Å². The average molecular weight is 445 g/mol. The second kappa shape index (κ2) is 8.21. The number of ketones is 2. The largest absolute Gasteiger partial charge is 0.458 e. The van der Waals surface area contributed by atoms with Crippen molar-refractivity contribution in [2.24, 2.45) is 28.6 Å². The van der Waals surface area contributed by atoms with Crippen molar-refractivity contribution in [3.05, 3.63) is 23.8 Å². The molecule has 6 nitrogen and oxygen atoms in total. The maximum Gasteiger partial charge on any atom is 0.306 e. The zero-order valence-electron chi connectivity index (χ0n) is 19.4. The number of aliphatic hydroxyl groups is 2. The number of hydrogen-bond acceptors (Lipinski definition) is 6. The normalized spacial score (nSPS) is 42.5. The first-order valence-corrected chi connectivity index (χ1v) is 12.1. The molecule has 0 aromatic heterocycles. The van der Waals surface area contributed by atoms with E-state index in [1.807, 2.05) is 19.9 Å². The summed E-state index contributed by atoms with van der Waals surface area (Å²) in [5.74, 6) is -0.675. The van der Waals surface area contributed by atoms with Gasteiger partial charge in [0.15, 0.2) is 12.4 Å². The Morgan fingerprint density at radius 3 is 2.72 bits per heavy atom. The summed E-state index contributed by atoms with van der Waals surface area (Å²) in [6.45, 7) is 5.59. The zero-order valence-corrected chi connectivity index (χ0v) is 19.4. The molecular formula is C26H36O6. The Bertz CT molecular complexity index is 874. The van der Waals surface area contributed by atoms with Crippen LogP contribution < -0.4 is 0 Å². The van der Waals surface area contributed by atoms with Crippen LogP contribution in [0.4, 0.5) is 0 Å². The number of carbonyl (C=O) groups excluding carboxylic acids is 3. The molecule has 0 aromatic rings. The molecule has 0 bridgehead atoms. The van der Waals surface area contributed by atoms with Gasteiger partial charge in [0.1, 0.15) is 5.60 Å². The number of rotatable bonds is 6. The molecule has 4 rings (SSSR count). The van der Waals surface area contributed by atoms with Gasteiger partial charge in [-0.3, -0.25) is 14.4 Å². The third kappa shape index (κ3) is 3.41. The number of carbonyl (C=O) groups is 3. The number of aliphatic hydroxyl groups excluding tert-OH is 1. The third-order valence-electron chi connectivity index (χ3n) is 9.21. The molecule has 3 fully saturated rings. The van der Waals surface area contributed by atoms with Crippen LogP contribution in [0.25, 0.3) is 0 Å². The lowest BCUT2D eigenvalue weighted by molar-refractivity contribution is -0.181. The number of esters is 1. The van der Waals surface area contributed by atoms with Crippen LogP contribution in [0.2, 0.25) is 0 Å². The highest BCUT2D eigenvalue weighted by molar-refractivity contribution is 6.01. The summed E-state index contributed by atoms with van der Waals surface area (Å²) in [5, 5.41) is 23.0. The number of hydrogen-bond donors (Lipinski definition) is 2. The number of fused-ring (bicyclic) bond motifs is 5. The highest BCUT2D eigenvalue weighted by Crippen LogP contribution is 2.67. The predicted molar refractivity (Wildman–Crippen MR) is 118 cm³/mol. The molecule has 0 amide bonds. The lowest BCUT2D eigenvalue weighted by atomic mass is 9.46. The van der Waals surface area contributed by atoms with E-state index in [0.29, 0.717) is 25.7 Å². The predicted octanol–water partition coefficient (Wildman–Crippen LogP) is 3.30. The van der Waals surface area contributed by atoms with E-state index < -0.39 is 35.5 Å². The van der Waals surface area contributed by atoms with Crippen LogP contribution in [0.3, 0.4) is 0 Å². The first kappa shape index (κ1) is 23.4. The van der Waals surface area contributed by atoms with E-state index in [0.717, 1.165) is 24.8 Å². The quantitative estimate of drug-likeness (QED) is 0.610. The first-order valence-electron chi connectivity index (χ1n) is 12.1. The van der Waals surface area contributed by atoms with Crippen molar-refractivity contribution >= 4 is 17.5 Å². The molecule has 2 N–H and O–H groups in total. The van der Waals surface area contributed by atoms with Crippen LogP contribution in [0.15, 0.2) is 23.8 Å². The Kier molecular flexibility index (Phi) is 6.00. The highest BCUT2D eigenvalue weighted by atomic mass is 16.5. The first-order chi connectivity index (χ1) is 15.1. The van der Waals surface area contributed by atoms with E-state index in [1.165, 1.54) is 0 Å². The lowest BCUT2D eigenvalue weighted by Gasteiger charge is -2.59. The molecule has 4 aliphatic carbocycles. The summed E-state index contributed by atoms with van der Waals surface area (Å²) in [6.07, 6.45) is 9.39. The van der Waals surface area contributed by atoms with E-state index in [1.54, 1.807) is 12.2 Å². The molecule has 0 heterocycles. The monoisotopic (exact) mass is 444 g/mol. The molecule has 7 atom stereocenters. The maximum absolute atomic E-state index is 13.1. The molecule has 32 heavy (non-hydrogen) atoms. The minimum atomic E-state index is -1.61. The Morgan fingerprint density at radius 1 is 1.25 bits per heavy atom. The second-order valence-electron chi connectivity index (χ2n) is 10.8. The molecule has 0 radical (unpaired) electrons. The molecule has 3 saturated carbocycles. The van der Waals surface area contributed by atoms with Crippen molar-refractivity contribution in [2.45, 2.75) is 83.8 Å². The van der Waals surface area contributed by atoms with Crippen LogP contribution in [0.1, 0.15) is 72.1 Å². The molecule has 0 saturated heterocycles. The number of allylic oxidation sites excluding steroid dienone is 4. The summed E-state index contributed by atoms with van der Waals surface area (Å²) in [4.78, 5) is 37.0. The highest BCUT2D eigenvalue weighted by Gasteiger charge is 2.68. The van der Waals surface area contributed by atoms with E-state index >= 15 is 0 Å². The minimum Gasteiger partial charge on any atom is -0.458 e. The number of ether oxygens (including phenoxy) is 1. The molecule has 4 unspecified atom stereocenters. The van der Waals surface area contributed by atoms with Crippen LogP contribution in [-0.2, 0) is 19.1 Å². The maximum atomic E-state index is 13.1. The van der Waals surface area contributed by atoms with E-state index in [-0.39, 0.29) is 35.4 Å². The van der Waals surface area contributed by atoms with Gasteiger partial charge in [-0.15, -0.1) is 0 Å². The number of Topliss-reactive ketones (excluding diaryl/α,β-unsaturated/α-hetero) is 1. The van der Waals surface area contributed by atoms with Gasteiger partial charge in [-0.2, -0.15) is 0 Å². The van der Waals surface area contributed by atoms with Crippen molar-refractivity contribution in [3.8, 4) is 0 Å². The smallest absolute Gasteiger partial charge is 0.306 e. The number of unbranched alkanes of at least 4 members (excludes halogenated alkanes) is 1. The Hall–Kier alpha value is -1.79. The minimum absolute atomic E-state index is 0.000356. The van der Waals surface area contributed by atoms with Crippen LogP contribution in [-0.4, -0.2) is 46.1 Å². The van der Waals surface area contributed by atoms with Crippen LogP contribution >= 0.6 is 0 Å². The van der Waals surface area contributed by atoms with E-state index in [4.69, 9.17) is 4.74 Å². The average Bonchev–Trinajstić information content (AvgIpc) is 3.02. The van der Waals surface area contributed by atoms with Crippen LogP contribution in [0.5, 0.6) is 0 Å². The Labute approximate surface area is 190 Å². The second-order valence-corrected chi connectivity index (χ2v) is 10.8. The van der Waals surface area contributed by atoms with E-state index in [2.05, 4.69) is 6.92 Å². The standard InChI is InChI=1S/C26H36O6/c1-4-5-6-22(30)32-15-21(29)26(31)12-10-19-18-8-7-16-13-17(27)9-11-24(16,2)23(18)20(28)14-25(19,26)3/h9,11,13,18-20,23,28,31H,4-8,10,12,14-15H2,1-3H3/t18?,19?,20?,23?,24-,25-,26-/m0/s1. The van der Waals surface area contributed by atoms with Gasteiger partial charge in [-0.1, -0.05) is 38.8 Å². The molecule has 4 aliphatic rings. The summed E-state index contributed by atoms with van der Waals surface area (Å²) in [7, 11) is 0. The third-order valence-corrected chi connectivity index (χ3v) is 9.21. The summed E-state index contributed by atoms with van der Waals surface area (Å²) in [6, 6.07) is 0. The molecular weight excluding hydrogens is 408 g/mol. The summed E-state index contributed by atoms with van der Waals surface area (Å²) < 4.78 is 5.18. The molecule has 0 spiro atoms. The zero-order chi connectivity index (χ0) is 23.3. The van der Waals surface area contributed by atoms with Crippen molar-refractivity contribution < 1.29 is 29.3 Å². The molecule has 0 aromatic carbocycles. The van der Waals surface area contributed by atoms with Crippen LogP contribution in [0, 0.1) is 28.6 Å². The fraction of sp³-hybridized carbons (Fsp3) is 0.731. The van der Waals surface area contributed by atoms with Crippen molar-refractivity contribution in [1.29, 1.82) is 0 Å². The summed E-state index contributed by atoms with van der Waals surface area (Å²) >= 11 is 0. The molecule has 0 aliphatic heterocycles.